The number of terminal acetylenes is 1. The summed E-state index contributed by atoms with van der Waals surface area (Å²) in [5.74, 6) is 1.90. The summed E-state index contributed by atoms with van der Waals surface area (Å²) in [6.07, 6.45) is 5.70. The molecule has 1 N–H and O–H groups in total. The van der Waals surface area contributed by atoms with Gasteiger partial charge in [0.05, 0.1) is 12.2 Å². The molecular weight excluding hydrogens is 266 g/mol. The summed E-state index contributed by atoms with van der Waals surface area (Å²) in [7, 11) is 0. The van der Waals surface area contributed by atoms with Gasteiger partial charge in [-0.25, -0.2) is 5.01 Å². The fourth-order valence-corrected chi connectivity index (χ4v) is 2.09. The first kappa shape index (κ1) is 14.8. The summed E-state index contributed by atoms with van der Waals surface area (Å²) in [5.41, 5.74) is 3.00. The summed E-state index contributed by atoms with van der Waals surface area (Å²) < 4.78 is 0. The van der Waals surface area contributed by atoms with Gasteiger partial charge in [-0.15, -0.1) is 6.42 Å². The van der Waals surface area contributed by atoms with Gasteiger partial charge in [0.25, 0.3) is 5.91 Å². The van der Waals surface area contributed by atoms with E-state index in [4.69, 9.17) is 6.42 Å². The van der Waals surface area contributed by atoms with Crippen LogP contribution in [0.15, 0.2) is 23.3 Å². The maximum absolute atomic E-state index is 12.1. The Bertz CT molecular complexity index is 656. The molecule has 1 heterocycles. The molecule has 0 unspecified atom stereocenters. The van der Waals surface area contributed by atoms with E-state index >= 15 is 0 Å². The Balaban J connectivity index is 2.33. The third-order valence-electron chi connectivity index (χ3n) is 3.24. The van der Waals surface area contributed by atoms with E-state index in [1.807, 2.05) is 32.0 Å². The Morgan fingerprint density at radius 1 is 1.43 bits per heavy atom. The fourth-order valence-electron chi connectivity index (χ4n) is 2.09. The number of aryl methyl sites for hydroxylation is 2. The zero-order valence-electron chi connectivity index (χ0n) is 12.1. The number of hydrogen-bond acceptors (Lipinski definition) is 3. The molecule has 0 aromatic heterocycles. The minimum atomic E-state index is -0.323. The van der Waals surface area contributed by atoms with Gasteiger partial charge in [0, 0.05) is 12.8 Å². The number of amides is 2. The van der Waals surface area contributed by atoms with E-state index in [0.29, 0.717) is 17.8 Å². The lowest BCUT2D eigenvalue weighted by atomic mass is 10.1. The Labute approximate surface area is 124 Å². The standard InChI is InChI=1S/C16H17N3O2/c1-4-9-17-16(21)13-7-8-15(20)19(18-13)14-10-11(2)5-6-12(14)3/h1,5-6,10H,7-9H2,2-3H3,(H,17,21). The van der Waals surface area contributed by atoms with Crippen LogP contribution in [-0.2, 0) is 9.59 Å². The van der Waals surface area contributed by atoms with Crippen LogP contribution in [0.4, 0.5) is 5.69 Å². The summed E-state index contributed by atoms with van der Waals surface area (Å²) in [6, 6.07) is 5.79. The number of carbonyl (C=O) groups excluding carboxylic acids is 2. The van der Waals surface area contributed by atoms with E-state index in [1.165, 1.54) is 5.01 Å². The summed E-state index contributed by atoms with van der Waals surface area (Å²) >= 11 is 0. The number of anilines is 1. The second-order valence-corrected chi connectivity index (χ2v) is 4.93. The lowest BCUT2D eigenvalue weighted by molar-refractivity contribution is -0.118. The molecule has 0 atom stereocenters. The van der Waals surface area contributed by atoms with Gasteiger partial charge in [0.2, 0.25) is 5.91 Å². The molecule has 0 spiro atoms. The fraction of sp³-hybridized carbons (Fsp3) is 0.312. The number of carbonyl (C=O) groups is 2. The van der Waals surface area contributed by atoms with Crippen molar-refractivity contribution in [1.29, 1.82) is 0 Å². The maximum atomic E-state index is 12.1. The monoisotopic (exact) mass is 283 g/mol. The second kappa shape index (κ2) is 6.23. The SMILES string of the molecule is C#CCNC(=O)C1=NN(c2cc(C)ccc2C)C(=O)CC1. The van der Waals surface area contributed by atoms with Crippen molar-refractivity contribution < 1.29 is 9.59 Å². The van der Waals surface area contributed by atoms with Crippen LogP contribution in [0.1, 0.15) is 24.0 Å². The molecule has 21 heavy (non-hydrogen) atoms. The third-order valence-corrected chi connectivity index (χ3v) is 3.24. The maximum Gasteiger partial charge on any atom is 0.268 e. The van der Waals surface area contributed by atoms with E-state index in [0.717, 1.165) is 11.1 Å². The topological polar surface area (TPSA) is 61.8 Å². The average molecular weight is 283 g/mol. The summed E-state index contributed by atoms with van der Waals surface area (Å²) in [4.78, 5) is 24.0. The average Bonchev–Trinajstić information content (AvgIpc) is 2.48. The minimum absolute atomic E-state index is 0.114. The first-order valence-electron chi connectivity index (χ1n) is 6.72. The molecule has 1 aromatic rings. The largest absolute Gasteiger partial charge is 0.340 e. The molecule has 2 amide bonds. The van der Waals surface area contributed by atoms with E-state index in [2.05, 4.69) is 16.3 Å². The number of hydrogen-bond donors (Lipinski definition) is 1. The number of rotatable bonds is 3. The van der Waals surface area contributed by atoms with Crippen molar-refractivity contribution in [2.24, 2.45) is 5.10 Å². The number of hydrazone groups is 1. The van der Waals surface area contributed by atoms with Gasteiger partial charge in [-0.2, -0.15) is 5.10 Å². The zero-order chi connectivity index (χ0) is 15.4. The van der Waals surface area contributed by atoms with E-state index in [-0.39, 0.29) is 24.8 Å². The van der Waals surface area contributed by atoms with E-state index in [1.54, 1.807) is 0 Å². The van der Waals surface area contributed by atoms with Crippen LogP contribution in [0.2, 0.25) is 0 Å². The van der Waals surface area contributed by atoms with Crippen molar-refractivity contribution in [3.8, 4) is 12.3 Å². The van der Waals surface area contributed by atoms with Crippen LogP contribution >= 0.6 is 0 Å². The van der Waals surface area contributed by atoms with Crippen LogP contribution in [0.5, 0.6) is 0 Å². The van der Waals surface area contributed by atoms with Gasteiger partial charge in [-0.3, -0.25) is 9.59 Å². The Morgan fingerprint density at radius 3 is 2.90 bits per heavy atom. The molecule has 1 aromatic carbocycles. The van der Waals surface area contributed by atoms with Crippen LogP contribution in [0, 0.1) is 26.2 Å². The molecule has 0 aliphatic carbocycles. The van der Waals surface area contributed by atoms with Gasteiger partial charge < -0.3 is 5.32 Å². The molecule has 108 valence electrons. The van der Waals surface area contributed by atoms with Crippen molar-refractivity contribution >= 4 is 23.2 Å². The first-order valence-corrected chi connectivity index (χ1v) is 6.72. The Kier molecular flexibility index (Phi) is 4.39. The van der Waals surface area contributed by atoms with Crippen LogP contribution in [0.3, 0.4) is 0 Å². The number of nitrogens with one attached hydrogen (secondary N) is 1. The van der Waals surface area contributed by atoms with Crippen molar-refractivity contribution in [2.45, 2.75) is 26.7 Å². The van der Waals surface area contributed by atoms with Crippen molar-refractivity contribution in [1.82, 2.24) is 5.32 Å². The highest BCUT2D eigenvalue weighted by molar-refractivity contribution is 6.40. The normalized spacial score (nSPS) is 14.4. The van der Waals surface area contributed by atoms with Gasteiger partial charge in [-0.1, -0.05) is 18.1 Å². The minimum Gasteiger partial charge on any atom is -0.340 e. The highest BCUT2D eigenvalue weighted by atomic mass is 16.2. The molecule has 1 aliphatic heterocycles. The predicted octanol–water partition coefficient (Wildman–Crippen LogP) is 1.54. The smallest absolute Gasteiger partial charge is 0.268 e. The molecule has 1 aliphatic rings. The quantitative estimate of drug-likeness (QED) is 0.855. The Morgan fingerprint density at radius 2 is 2.19 bits per heavy atom. The van der Waals surface area contributed by atoms with Crippen molar-refractivity contribution in [2.75, 3.05) is 11.6 Å². The predicted molar refractivity (Wildman–Crippen MR) is 81.9 cm³/mol. The molecule has 5 heteroatoms. The highest BCUT2D eigenvalue weighted by Gasteiger charge is 2.26. The van der Waals surface area contributed by atoms with Crippen LogP contribution < -0.4 is 10.3 Å². The van der Waals surface area contributed by atoms with Gasteiger partial charge in [0.15, 0.2) is 0 Å². The molecule has 2 rings (SSSR count). The van der Waals surface area contributed by atoms with E-state index < -0.39 is 0 Å². The molecule has 0 saturated heterocycles. The van der Waals surface area contributed by atoms with E-state index in [9.17, 15) is 9.59 Å². The van der Waals surface area contributed by atoms with Crippen LogP contribution in [0.25, 0.3) is 0 Å². The van der Waals surface area contributed by atoms with Crippen molar-refractivity contribution in [3.63, 3.8) is 0 Å². The lowest BCUT2D eigenvalue weighted by Crippen LogP contribution is -2.39. The van der Waals surface area contributed by atoms with Gasteiger partial charge in [-0.05, 0) is 31.0 Å². The van der Waals surface area contributed by atoms with Crippen molar-refractivity contribution in [3.05, 3.63) is 29.3 Å². The summed E-state index contributed by atoms with van der Waals surface area (Å²) in [6.45, 7) is 4.00. The molecule has 0 radical (unpaired) electrons. The molecule has 5 nitrogen and oxygen atoms in total. The van der Waals surface area contributed by atoms with Gasteiger partial charge >= 0.3 is 0 Å². The molecule has 0 bridgehead atoms. The van der Waals surface area contributed by atoms with Crippen LogP contribution in [-0.4, -0.2) is 24.1 Å². The van der Waals surface area contributed by atoms with Gasteiger partial charge in [0.1, 0.15) is 5.71 Å². The Hall–Kier alpha value is -2.61. The molecular formula is C16H17N3O2. The molecule has 0 saturated carbocycles. The summed E-state index contributed by atoms with van der Waals surface area (Å²) in [5, 5.41) is 8.09. The highest BCUT2D eigenvalue weighted by Crippen LogP contribution is 2.25. The third kappa shape index (κ3) is 3.29. The molecule has 0 fully saturated rings. The number of nitrogens with zero attached hydrogens (tertiary/aromatic N) is 2. The second-order valence-electron chi connectivity index (χ2n) is 4.93. The number of benzene rings is 1. The lowest BCUT2D eigenvalue weighted by Gasteiger charge is -2.24. The zero-order valence-corrected chi connectivity index (χ0v) is 12.1. The first-order chi connectivity index (χ1) is 10.0.